The largest absolute Gasteiger partial charge is 0.332 e. The van der Waals surface area contributed by atoms with Crippen LogP contribution in [-0.2, 0) is 18.9 Å². The van der Waals surface area contributed by atoms with Crippen LogP contribution in [0.15, 0.2) is 81.3 Å². The summed E-state index contributed by atoms with van der Waals surface area (Å²) in [7, 11) is 2.84. The molecular weight excluding hydrogens is 508 g/mol. The first-order valence-corrected chi connectivity index (χ1v) is 12.4. The minimum atomic E-state index is -0.588. The lowest BCUT2D eigenvalue weighted by molar-refractivity contribution is -0.384. The van der Waals surface area contributed by atoms with Gasteiger partial charge >= 0.3 is 5.69 Å². The zero-order valence-corrected chi connectivity index (χ0v) is 21.1. The third-order valence-electron chi connectivity index (χ3n) is 6.01. The van der Waals surface area contributed by atoms with E-state index in [2.05, 4.69) is 15.3 Å². The fourth-order valence-corrected chi connectivity index (χ4v) is 4.86. The second-order valence-corrected chi connectivity index (χ2v) is 9.39. The highest BCUT2D eigenvalue weighted by molar-refractivity contribution is 8.00. The quantitative estimate of drug-likeness (QED) is 0.153. The SMILES string of the molecule is Cn1c(=O)c2c(SCC(=O)Nc3cccc4ccccc34)nc(-c3ccc([N+](=O)[O-])cc3)nc2n(C)c1=O. The number of thioether (sulfide) groups is 1. The Hall–Kier alpha value is -4.84. The average molecular weight is 529 g/mol. The maximum Gasteiger partial charge on any atom is 0.332 e. The summed E-state index contributed by atoms with van der Waals surface area (Å²) in [5, 5.41) is 16.1. The lowest BCUT2D eigenvalue weighted by Gasteiger charge is -2.12. The van der Waals surface area contributed by atoms with E-state index in [0.29, 0.717) is 11.3 Å². The molecule has 38 heavy (non-hydrogen) atoms. The molecule has 0 aliphatic rings. The van der Waals surface area contributed by atoms with Crippen molar-refractivity contribution in [2.45, 2.75) is 5.03 Å². The highest BCUT2D eigenvalue weighted by atomic mass is 32.2. The van der Waals surface area contributed by atoms with E-state index in [1.165, 1.54) is 42.9 Å². The molecule has 0 atom stereocenters. The molecule has 5 rings (SSSR count). The molecule has 11 nitrogen and oxygen atoms in total. The van der Waals surface area contributed by atoms with Gasteiger partial charge in [0.2, 0.25) is 5.91 Å². The van der Waals surface area contributed by atoms with Crippen LogP contribution in [0.2, 0.25) is 0 Å². The number of nitrogens with one attached hydrogen (secondary N) is 1. The van der Waals surface area contributed by atoms with Gasteiger partial charge in [0.05, 0.1) is 10.7 Å². The molecule has 2 aromatic heterocycles. The normalized spacial score (nSPS) is 11.1. The second-order valence-electron chi connectivity index (χ2n) is 8.42. The molecule has 5 aromatic rings. The number of amides is 1. The lowest BCUT2D eigenvalue weighted by Crippen LogP contribution is -2.37. The Balaban J connectivity index is 1.53. The number of anilines is 1. The van der Waals surface area contributed by atoms with Crippen molar-refractivity contribution in [3.8, 4) is 11.4 Å². The van der Waals surface area contributed by atoms with E-state index >= 15 is 0 Å². The Bertz CT molecular complexity index is 1860. The lowest BCUT2D eigenvalue weighted by atomic mass is 10.1. The molecule has 3 aromatic carbocycles. The molecule has 2 heterocycles. The smallest absolute Gasteiger partial charge is 0.325 e. The maximum absolute atomic E-state index is 13.1. The van der Waals surface area contributed by atoms with Crippen LogP contribution < -0.4 is 16.6 Å². The predicted molar refractivity (Wildman–Crippen MR) is 145 cm³/mol. The summed E-state index contributed by atoms with van der Waals surface area (Å²) in [5.74, 6) is -0.217. The average Bonchev–Trinajstić information content (AvgIpc) is 2.93. The first kappa shape index (κ1) is 24.8. The van der Waals surface area contributed by atoms with Gasteiger partial charge in [-0.1, -0.05) is 48.2 Å². The minimum Gasteiger partial charge on any atom is -0.325 e. The number of nitro groups is 1. The third kappa shape index (κ3) is 4.52. The topological polar surface area (TPSA) is 142 Å². The van der Waals surface area contributed by atoms with E-state index in [4.69, 9.17) is 0 Å². The predicted octanol–water partition coefficient (Wildman–Crippen LogP) is 3.49. The molecule has 0 unspecified atom stereocenters. The molecule has 1 N–H and O–H groups in total. The monoisotopic (exact) mass is 528 g/mol. The van der Waals surface area contributed by atoms with Crippen LogP contribution in [0.5, 0.6) is 0 Å². The number of rotatable bonds is 6. The van der Waals surface area contributed by atoms with Crippen LogP contribution in [-0.4, -0.2) is 35.7 Å². The number of nitrogens with zero attached hydrogens (tertiary/aromatic N) is 5. The van der Waals surface area contributed by atoms with Crippen LogP contribution >= 0.6 is 11.8 Å². The van der Waals surface area contributed by atoms with Crippen molar-refractivity contribution in [3.05, 3.63) is 97.7 Å². The van der Waals surface area contributed by atoms with Gasteiger partial charge in [0.25, 0.3) is 11.2 Å². The van der Waals surface area contributed by atoms with Crippen molar-refractivity contribution in [1.82, 2.24) is 19.1 Å². The van der Waals surface area contributed by atoms with Gasteiger partial charge in [0, 0.05) is 42.9 Å². The number of carbonyl (C=O) groups is 1. The number of benzene rings is 3. The van der Waals surface area contributed by atoms with Crippen molar-refractivity contribution in [2.24, 2.45) is 14.1 Å². The van der Waals surface area contributed by atoms with Gasteiger partial charge in [-0.25, -0.2) is 14.8 Å². The van der Waals surface area contributed by atoms with Crippen LogP contribution in [0.25, 0.3) is 33.2 Å². The number of fused-ring (bicyclic) bond motifs is 2. The Labute approximate surface area is 218 Å². The Kier molecular flexibility index (Phi) is 6.47. The van der Waals surface area contributed by atoms with Crippen molar-refractivity contribution < 1.29 is 9.72 Å². The van der Waals surface area contributed by atoms with Gasteiger partial charge < -0.3 is 5.32 Å². The zero-order valence-electron chi connectivity index (χ0n) is 20.2. The molecule has 1 amide bonds. The number of aromatic nitrogens is 4. The maximum atomic E-state index is 13.1. The first-order valence-electron chi connectivity index (χ1n) is 11.4. The second kappa shape index (κ2) is 9.90. The number of carbonyl (C=O) groups excluding carboxylic acids is 1. The summed E-state index contributed by atoms with van der Waals surface area (Å²) in [5.41, 5.74) is -0.0523. The Morgan fingerprint density at radius 3 is 2.42 bits per heavy atom. The number of hydrogen-bond donors (Lipinski definition) is 1. The van der Waals surface area contributed by atoms with E-state index in [0.717, 1.165) is 27.1 Å². The van der Waals surface area contributed by atoms with Crippen LogP contribution in [0.3, 0.4) is 0 Å². The third-order valence-corrected chi connectivity index (χ3v) is 6.98. The molecule has 0 radical (unpaired) electrons. The number of non-ortho nitro benzene ring substituents is 1. The van der Waals surface area contributed by atoms with E-state index in [1.807, 2.05) is 42.5 Å². The molecular formula is C26H20N6O5S. The van der Waals surface area contributed by atoms with E-state index < -0.39 is 16.2 Å². The summed E-state index contributed by atoms with van der Waals surface area (Å²) in [4.78, 5) is 58.0. The highest BCUT2D eigenvalue weighted by Gasteiger charge is 2.20. The zero-order chi connectivity index (χ0) is 27.0. The van der Waals surface area contributed by atoms with E-state index in [-0.39, 0.29) is 39.2 Å². The minimum absolute atomic E-state index is 0.0684. The first-order chi connectivity index (χ1) is 18.2. The molecule has 0 saturated carbocycles. The Morgan fingerprint density at radius 1 is 0.974 bits per heavy atom. The number of aryl methyl sites for hydroxylation is 1. The standard InChI is InChI=1S/C26H20N6O5S/c1-30-23-21(25(34)31(2)26(30)35)24(29-22(28-23)16-10-12-17(13-11-16)32(36)37)38-14-20(33)27-19-9-5-7-15-6-3-4-8-18(15)19/h3-13H,14H2,1-2H3,(H,27,33). The van der Waals surface area contributed by atoms with E-state index in [1.54, 1.807) is 0 Å². The summed E-state index contributed by atoms with van der Waals surface area (Å²) in [6.45, 7) is 0. The van der Waals surface area contributed by atoms with Crippen molar-refractivity contribution in [3.63, 3.8) is 0 Å². The Morgan fingerprint density at radius 2 is 1.68 bits per heavy atom. The molecule has 12 heteroatoms. The van der Waals surface area contributed by atoms with Gasteiger partial charge in [-0.3, -0.25) is 28.8 Å². The van der Waals surface area contributed by atoms with Gasteiger partial charge in [-0.2, -0.15) is 0 Å². The highest BCUT2D eigenvalue weighted by Crippen LogP contribution is 2.28. The van der Waals surface area contributed by atoms with E-state index in [9.17, 15) is 24.5 Å². The fraction of sp³-hybridized carbons (Fsp3) is 0.115. The van der Waals surface area contributed by atoms with Gasteiger partial charge in [0.1, 0.15) is 10.4 Å². The summed E-state index contributed by atoms with van der Waals surface area (Å²) in [6.07, 6.45) is 0. The molecule has 0 aliphatic carbocycles. The van der Waals surface area contributed by atoms with Gasteiger partial charge in [-0.15, -0.1) is 0 Å². The molecule has 190 valence electrons. The fourth-order valence-electron chi connectivity index (χ4n) is 4.05. The summed E-state index contributed by atoms with van der Waals surface area (Å²) in [6, 6.07) is 18.9. The summed E-state index contributed by atoms with van der Waals surface area (Å²) >= 11 is 1.04. The van der Waals surface area contributed by atoms with Crippen LogP contribution in [0.1, 0.15) is 0 Å². The van der Waals surface area contributed by atoms with Crippen molar-refractivity contribution in [2.75, 3.05) is 11.1 Å². The molecule has 0 saturated heterocycles. The molecule has 0 fully saturated rings. The van der Waals surface area contributed by atoms with Gasteiger partial charge in [-0.05, 0) is 23.6 Å². The summed E-state index contributed by atoms with van der Waals surface area (Å²) < 4.78 is 2.19. The van der Waals surface area contributed by atoms with Crippen LogP contribution in [0.4, 0.5) is 11.4 Å². The number of nitro benzene ring substituents is 1. The molecule has 0 bridgehead atoms. The van der Waals surface area contributed by atoms with Crippen molar-refractivity contribution >= 4 is 50.8 Å². The van der Waals surface area contributed by atoms with Crippen molar-refractivity contribution in [1.29, 1.82) is 0 Å². The van der Waals surface area contributed by atoms with Gasteiger partial charge in [0.15, 0.2) is 11.5 Å². The number of hydrogen-bond acceptors (Lipinski definition) is 8. The molecule has 0 aliphatic heterocycles. The van der Waals surface area contributed by atoms with Crippen LogP contribution in [0, 0.1) is 10.1 Å². The molecule has 0 spiro atoms.